The number of benzene rings is 1. The molecule has 0 bridgehead atoms. The van der Waals surface area contributed by atoms with E-state index in [9.17, 15) is 9.59 Å². The van der Waals surface area contributed by atoms with E-state index in [1.807, 2.05) is 0 Å². The largest absolute Gasteiger partial charge is 0.478 e. The Kier molecular flexibility index (Phi) is 5.96. The fraction of sp³-hybridized carbons (Fsp3) is 0.286. The lowest BCUT2D eigenvalue weighted by atomic mass is 10.1. The minimum absolute atomic E-state index is 0.252. The predicted molar refractivity (Wildman–Crippen MR) is 72.0 cm³/mol. The number of amides is 2. The van der Waals surface area contributed by atoms with Crippen LogP contribution in [0.25, 0.3) is 0 Å². The maximum atomic E-state index is 11.3. The molecule has 0 saturated carbocycles. The van der Waals surface area contributed by atoms with Gasteiger partial charge < -0.3 is 15.7 Å². The number of hydrogen-bond donors (Lipinski definition) is 3. The molecule has 5 nitrogen and oxygen atoms in total. The Morgan fingerprint density at radius 2 is 1.79 bits per heavy atom. The Morgan fingerprint density at radius 3 is 2.37 bits per heavy atom. The Balaban J connectivity index is 2.27. The quantitative estimate of drug-likeness (QED) is 0.532. The smallest absolute Gasteiger partial charge is 0.335 e. The van der Waals surface area contributed by atoms with Crippen molar-refractivity contribution in [3.05, 3.63) is 35.4 Å². The van der Waals surface area contributed by atoms with Gasteiger partial charge in [0.05, 0.1) is 5.56 Å². The van der Waals surface area contributed by atoms with E-state index in [1.165, 1.54) is 0 Å². The fourth-order valence-electron chi connectivity index (χ4n) is 1.45. The van der Waals surface area contributed by atoms with Crippen molar-refractivity contribution in [2.24, 2.45) is 0 Å². The highest BCUT2D eigenvalue weighted by atomic mass is 16.4. The van der Waals surface area contributed by atoms with Gasteiger partial charge in [-0.1, -0.05) is 12.1 Å². The van der Waals surface area contributed by atoms with Crippen molar-refractivity contribution in [3.63, 3.8) is 0 Å². The summed E-state index contributed by atoms with van der Waals surface area (Å²) in [5.41, 5.74) is 1.22. The average Bonchev–Trinajstić information content (AvgIpc) is 2.39. The third-order valence-corrected chi connectivity index (χ3v) is 2.46. The van der Waals surface area contributed by atoms with Gasteiger partial charge in [-0.25, -0.2) is 9.59 Å². The summed E-state index contributed by atoms with van der Waals surface area (Å²) in [5.74, 6) is 1.48. The first-order valence-corrected chi connectivity index (χ1v) is 5.91. The molecule has 0 aliphatic heterocycles. The average molecular weight is 260 g/mol. The van der Waals surface area contributed by atoms with Crippen LogP contribution >= 0.6 is 0 Å². The van der Waals surface area contributed by atoms with Crippen LogP contribution in [-0.4, -0.2) is 30.2 Å². The summed E-state index contributed by atoms with van der Waals surface area (Å²) in [6, 6.07) is 6.32. The van der Waals surface area contributed by atoms with Gasteiger partial charge in [-0.05, 0) is 24.1 Å². The molecule has 3 N–H and O–H groups in total. The highest BCUT2D eigenvalue weighted by Gasteiger charge is 2.02. The number of carboxylic acid groups (broad SMARTS) is 1. The van der Waals surface area contributed by atoms with Gasteiger partial charge in [-0.2, -0.15) is 0 Å². The van der Waals surface area contributed by atoms with Crippen LogP contribution in [0.5, 0.6) is 0 Å². The first kappa shape index (κ1) is 14.6. The molecule has 19 heavy (non-hydrogen) atoms. The number of rotatable bonds is 6. The number of carbonyl (C=O) groups is 2. The van der Waals surface area contributed by atoms with Crippen molar-refractivity contribution in [2.75, 3.05) is 13.1 Å². The molecule has 0 atom stereocenters. The molecular formula is C14H16N2O3. The second kappa shape index (κ2) is 7.77. The minimum atomic E-state index is -0.947. The predicted octanol–water partition coefficient (Wildman–Crippen LogP) is 1.25. The lowest BCUT2D eigenvalue weighted by Crippen LogP contribution is -2.36. The van der Waals surface area contributed by atoms with Gasteiger partial charge in [0.2, 0.25) is 0 Å². The maximum absolute atomic E-state index is 11.3. The lowest BCUT2D eigenvalue weighted by Gasteiger charge is -2.06. The molecule has 1 rings (SSSR count). The molecule has 0 saturated heterocycles. The Bertz CT molecular complexity index is 474. The van der Waals surface area contributed by atoms with Crippen LogP contribution in [-0.2, 0) is 6.42 Å². The molecule has 2 amide bonds. The van der Waals surface area contributed by atoms with E-state index in [4.69, 9.17) is 11.5 Å². The zero-order valence-electron chi connectivity index (χ0n) is 10.5. The molecule has 5 heteroatoms. The standard InChI is InChI=1S/C14H16N2O3/c1-2-3-9-15-14(19)16-10-8-11-4-6-12(7-5-11)13(17)18/h1,4-7H,3,8-10H2,(H,17,18)(H2,15,16,19). The van der Waals surface area contributed by atoms with Crippen LogP contribution in [0.1, 0.15) is 22.3 Å². The molecule has 0 heterocycles. The molecule has 0 aliphatic carbocycles. The summed E-state index contributed by atoms with van der Waals surface area (Å²) in [6.45, 7) is 0.934. The lowest BCUT2D eigenvalue weighted by molar-refractivity contribution is 0.0697. The van der Waals surface area contributed by atoms with Crippen molar-refractivity contribution in [2.45, 2.75) is 12.8 Å². The van der Waals surface area contributed by atoms with E-state index in [0.29, 0.717) is 25.9 Å². The Morgan fingerprint density at radius 1 is 1.16 bits per heavy atom. The second-order valence-corrected chi connectivity index (χ2v) is 3.89. The molecule has 100 valence electrons. The third-order valence-electron chi connectivity index (χ3n) is 2.46. The molecule has 0 unspecified atom stereocenters. The van der Waals surface area contributed by atoms with Gasteiger partial charge in [-0.3, -0.25) is 0 Å². The Labute approximate surface area is 112 Å². The Hall–Kier alpha value is -2.48. The highest BCUT2D eigenvalue weighted by molar-refractivity contribution is 5.87. The molecule has 0 fully saturated rings. The molecule has 0 radical (unpaired) electrons. The summed E-state index contributed by atoms with van der Waals surface area (Å²) < 4.78 is 0. The van der Waals surface area contributed by atoms with Crippen molar-refractivity contribution < 1.29 is 14.7 Å². The highest BCUT2D eigenvalue weighted by Crippen LogP contribution is 2.04. The van der Waals surface area contributed by atoms with Gasteiger partial charge in [0.15, 0.2) is 0 Å². The molecule has 1 aromatic carbocycles. The van der Waals surface area contributed by atoms with E-state index >= 15 is 0 Å². The van der Waals surface area contributed by atoms with Crippen LogP contribution < -0.4 is 10.6 Å². The fourth-order valence-corrected chi connectivity index (χ4v) is 1.45. The number of terminal acetylenes is 1. The number of hydrogen-bond acceptors (Lipinski definition) is 2. The van der Waals surface area contributed by atoms with Gasteiger partial charge in [0.1, 0.15) is 0 Å². The van der Waals surface area contributed by atoms with Crippen LogP contribution in [0.4, 0.5) is 4.79 Å². The van der Waals surface area contributed by atoms with E-state index < -0.39 is 5.97 Å². The summed E-state index contributed by atoms with van der Waals surface area (Å²) in [6.07, 6.45) is 6.21. The number of carbonyl (C=O) groups excluding carboxylic acids is 1. The maximum Gasteiger partial charge on any atom is 0.335 e. The number of nitrogens with one attached hydrogen (secondary N) is 2. The van der Waals surface area contributed by atoms with E-state index in [2.05, 4.69) is 16.6 Å². The normalized spacial score (nSPS) is 9.42. The van der Waals surface area contributed by atoms with Crippen LogP contribution in [0.3, 0.4) is 0 Å². The minimum Gasteiger partial charge on any atom is -0.478 e. The van der Waals surface area contributed by atoms with E-state index in [-0.39, 0.29) is 11.6 Å². The van der Waals surface area contributed by atoms with Gasteiger partial charge >= 0.3 is 12.0 Å². The first-order chi connectivity index (χ1) is 9.13. The number of aromatic carboxylic acids is 1. The zero-order valence-corrected chi connectivity index (χ0v) is 10.5. The second-order valence-electron chi connectivity index (χ2n) is 3.89. The molecular weight excluding hydrogens is 244 g/mol. The third kappa shape index (κ3) is 5.59. The topological polar surface area (TPSA) is 78.4 Å². The first-order valence-electron chi connectivity index (χ1n) is 5.91. The van der Waals surface area contributed by atoms with E-state index in [1.54, 1.807) is 24.3 Å². The molecule has 0 aliphatic rings. The van der Waals surface area contributed by atoms with Gasteiger partial charge in [0, 0.05) is 19.5 Å². The van der Waals surface area contributed by atoms with Crippen molar-refractivity contribution in [1.29, 1.82) is 0 Å². The van der Waals surface area contributed by atoms with Crippen molar-refractivity contribution >= 4 is 12.0 Å². The number of urea groups is 1. The van der Waals surface area contributed by atoms with Crippen LogP contribution in [0.15, 0.2) is 24.3 Å². The zero-order chi connectivity index (χ0) is 14.1. The summed E-state index contributed by atoms with van der Waals surface area (Å²) in [5, 5.41) is 14.1. The van der Waals surface area contributed by atoms with Gasteiger partial charge in [-0.15, -0.1) is 12.3 Å². The summed E-state index contributed by atoms with van der Waals surface area (Å²) in [7, 11) is 0. The SMILES string of the molecule is C#CCCNC(=O)NCCc1ccc(C(=O)O)cc1. The van der Waals surface area contributed by atoms with Gasteiger partial charge in [0.25, 0.3) is 0 Å². The summed E-state index contributed by atoms with van der Waals surface area (Å²) in [4.78, 5) is 21.9. The van der Waals surface area contributed by atoms with Crippen LogP contribution in [0, 0.1) is 12.3 Å². The molecule has 1 aromatic rings. The molecule has 0 aromatic heterocycles. The van der Waals surface area contributed by atoms with Crippen LogP contribution in [0.2, 0.25) is 0 Å². The molecule has 0 spiro atoms. The van der Waals surface area contributed by atoms with Crippen molar-refractivity contribution in [1.82, 2.24) is 10.6 Å². The summed E-state index contributed by atoms with van der Waals surface area (Å²) >= 11 is 0. The number of carboxylic acids is 1. The monoisotopic (exact) mass is 260 g/mol. The van der Waals surface area contributed by atoms with E-state index in [0.717, 1.165) is 5.56 Å². The van der Waals surface area contributed by atoms with Crippen molar-refractivity contribution in [3.8, 4) is 12.3 Å².